The molecule has 0 radical (unpaired) electrons. The van der Waals surface area contributed by atoms with E-state index in [0.717, 1.165) is 40.6 Å². The van der Waals surface area contributed by atoms with E-state index in [1.165, 1.54) is 0 Å². The molecule has 0 saturated heterocycles. The third kappa shape index (κ3) is 4.95. The molecule has 39 heavy (non-hydrogen) atoms. The van der Waals surface area contributed by atoms with Crippen molar-refractivity contribution in [2.24, 2.45) is 0 Å². The van der Waals surface area contributed by atoms with E-state index >= 15 is 0 Å². The van der Waals surface area contributed by atoms with Gasteiger partial charge in [-0.3, -0.25) is 14.3 Å². The SMILES string of the molecule is O=C(NCCCn1cccn1)[C@H]1c2ccccc2C(=O)N(CCc2c[nH]c3ccccc23)[C@H]1c1ccccc1. The molecule has 7 heteroatoms. The standard InChI is InChI=1S/C32H31N5O2/c38-31(33-17-8-19-36-20-9-18-35-36)29-26-13-4-5-14-27(26)32(39)37(30(29)23-10-2-1-3-11-23)21-16-24-22-34-28-15-7-6-12-25(24)28/h1-7,9-15,18,20,22,29-30,34H,8,16-17,19,21H2,(H,33,38)/t29-,30-/m0/s1. The summed E-state index contributed by atoms with van der Waals surface area (Å²) in [6.45, 7) is 1.76. The van der Waals surface area contributed by atoms with Gasteiger partial charge in [0, 0.05) is 54.7 Å². The average Bonchev–Trinajstić information content (AvgIpc) is 3.65. The molecule has 0 saturated carbocycles. The van der Waals surface area contributed by atoms with Crippen LogP contribution in [0.15, 0.2) is 104 Å². The first-order valence-corrected chi connectivity index (χ1v) is 13.5. The van der Waals surface area contributed by atoms with Crippen LogP contribution in [0.1, 0.15) is 45.4 Å². The molecule has 7 nitrogen and oxygen atoms in total. The molecule has 0 bridgehead atoms. The Morgan fingerprint density at radius 2 is 1.72 bits per heavy atom. The van der Waals surface area contributed by atoms with E-state index in [1.54, 1.807) is 6.20 Å². The lowest BCUT2D eigenvalue weighted by atomic mass is 9.79. The van der Waals surface area contributed by atoms with Gasteiger partial charge in [0.05, 0.1) is 12.0 Å². The monoisotopic (exact) mass is 517 g/mol. The first-order chi connectivity index (χ1) is 19.2. The van der Waals surface area contributed by atoms with Gasteiger partial charge in [0.2, 0.25) is 5.91 Å². The van der Waals surface area contributed by atoms with Crippen LogP contribution in [0.25, 0.3) is 10.9 Å². The van der Waals surface area contributed by atoms with Crippen LogP contribution in [-0.4, -0.2) is 44.6 Å². The Bertz CT molecular complexity index is 1570. The molecular formula is C32H31N5O2. The summed E-state index contributed by atoms with van der Waals surface area (Å²) in [6, 6.07) is 27.2. The topological polar surface area (TPSA) is 83.0 Å². The van der Waals surface area contributed by atoms with Crippen LogP contribution in [-0.2, 0) is 17.8 Å². The number of hydrogen-bond acceptors (Lipinski definition) is 3. The lowest BCUT2D eigenvalue weighted by Crippen LogP contribution is -2.48. The molecular weight excluding hydrogens is 486 g/mol. The first kappa shape index (κ1) is 24.7. The number of aryl methyl sites for hydroxylation is 1. The van der Waals surface area contributed by atoms with Crippen molar-refractivity contribution in [2.75, 3.05) is 13.1 Å². The second-order valence-electron chi connectivity index (χ2n) is 9.94. The van der Waals surface area contributed by atoms with Crippen LogP contribution in [0.5, 0.6) is 0 Å². The zero-order valence-corrected chi connectivity index (χ0v) is 21.7. The van der Waals surface area contributed by atoms with Crippen LogP contribution in [0, 0.1) is 0 Å². The number of benzene rings is 3. The minimum Gasteiger partial charge on any atom is -0.361 e. The smallest absolute Gasteiger partial charge is 0.254 e. The van der Waals surface area contributed by atoms with E-state index in [2.05, 4.69) is 27.5 Å². The molecule has 3 aromatic carbocycles. The van der Waals surface area contributed by atoms with Gasteiger partial charge < -0.3 is 15.2 Å². The molecule has 2 amide bonds. The van der Waals surface area contributed by atoms with E-state index in [-0.39, 0.29) is 11.8 Å². The van der Waals surface area contributed by atoms with Gasteiger partial charge in [0.15, 0.2) is 0 Å². The molecule has 0 unspecified atom stereocenters. The molecule has 0 aliphatic carbocycles. The highest BCUT2D eigenvalue weighted by molar-refractivity contribution is 6.01. The Morgan fingerprint density at radius 3 is 2.56 bits per heavy atom. The minimum absolute atomic E-state index is 0.0398. The van der Waals surface area contributed by atoms with Gasteiger partial charge in [-0.15, -0.1) is 0 Å². The number of nitrogens with zero attached hydrogens (tertiary/aromatic N) is 3. The number of H-pyrrole nitrogens is 1. The summed E-state index contributed by atoms with van der Waals surface area (Å²) in [7, 11) is 0. The lowest BCUT2D eigenvalue weighted by Gasteiger charge is -2.42. The van der Waals surface area contributed by atoms with Crippen molar-refractivity contribution in [1.29, 1.82) is 0 Å². The fourth-order valence-corrected chi connectivity index (χ4v) is 5.72. The predicted molar refractivity (Wildman–Crippen MR) is 151 cm³/mol. The van der Waals surface area contributed by atoms with E-state index in [9.17, 15) is 9.59 Å². The fraction of sp³-hybridized carbons (Fsp3) is 0.219. The van der Waals surface area contributed by atoms with Gasteiger partial charge in [0.1, 0.15) is 0 Å². The predicted octanol–water partition coefficient (Wildman–Crippen LogP) is 5.09. The van der Waals surface area contributed by atoms with Crippen LogP contribution in [0.3, 0.4) is 0 Å². The van der Waals surface area contributed by atoms with Crippen molar-refractivity contribution in [2.45, 2.75) is 31.3 Å². The Hall–Kier alpha value is -4.65. The van der Waals surface area contributed by atoms with Crippen molar-refractivity contribution >= 4 is 22.7 Å². The molecule has 1 aliphatic heterocycles. The van der Waals surface area contributed by atoms with Gasteiger partial charge in [-0.2, -0.15) is 5.10 Å². The highest BCUT2D eigenvalue weighted by Crippen LogP contribution is 2.43. The molecule has 6 rings (SSSR count). The molecule has 1 aliphatic rings. The van der Waals surface area contributed by atoms with Gasteiger partial charge in [-0.25, -0.2) is 0 Å². The lowest BCUT2D eigenvalue weighted by molar-refractivity contribution is -0.124. The molecule has 0 spiro atoms. The van der Waals surface area contributed by atoms with Crippen molar-refractivity contribution in [3.05, 3.63) is 126 Å². The molecule has 2 N–H and O–H groups in total. The summed E-state index contributed by atoms with van der Waals surface area (Å²) < 4.78 is 1.86. The molecule has 2 atom stereocenters. The largest absolute Gasteiger partial charge is 0.361 e. The van der Waals surface area contributed by atoms with Gasteiger partial charge >= 0.3 is 0 Å². The maximum atomic E-state index is 14.0. The highest BCUT2D eigenvalue weighted by atomic mass is 16.2. The van der Waals surface area contributed by atoms with E-state index in [4.69, 9.17) is 0 Å². The summed E-state index contributed by atoms with van der Waals surface area (Å²) in [6.07, 6.45) is 7.14. The van der Waals surface area contributed by atoms with E-state index < -0.39 is 12.0 Å². The maximum absolute atomic E-state index is 14.0. The normalized spacial score (nSPS) is 16.8. The number of carbonyl (C=O) groups excluding carboxylic acids is 2. The number of para-hydroxylation sites is 1. The number of nitrogens with one attached hydrogen (secondary N) is 2. The second-order valence-corrected chi connectivity index (χ2v) is 9.94. The number of aromatic amines is 1. The van der Waals surface area contributed by atoms with Crippen molar-refractivity contribution in [1.82, 2.24) is 25.0 Å². The maximum Gasteiger partial charge on any atom is 0.254 e. The Labute approximate surface area is 227 Å². The molecule has 0 fully saturated rings. The fourth-order valence-electron chi connectivity index (χ4n) is 5.72. The molecule has 5 aromatic rings. The Balaban J connectivity index is 1.31. The number of aromatic nitrogens is 3. The Kier molecular flexibility index (Phi) is 6.95. The third-order valence-electron chi connectivity index (χ3n) is 7.58. The number of hydrogen-bond donors (Lipinski definition) is 2. The molecule has 3 heterocycles. The van der Waals surface area contributed by atoms with E-state index in [0.29, 0.717) is 25.1 Å². The third-order valence-corrected chi connectivity index (χ3v) is 7.58. The number of rotatable bonds is 9. The van der Waals surface area contributed by atoms with Gasteiger partial charge in [0.25, 0.3) is 5.91 Å². The number of amides is 2. The summed E-state index contributed by atoms with van der Waals surface area (Å²) in [5.74, 6) is -0.627. The quantitative estimate of drug-likeness (QED) is 0.267. The summed E-state index contributed by atoms with van der Waals surface area (Å²) >= 11 is 0. The first-order valence-electron chi connectivity index (χ1n) is 13.5. The van der Waals surface area contributed by atoms with Crippen LogP contribution < -0.4 is 5.32 Å². The summed E-state index contributed by atoms with van der Waals surface area (Å²) in [5, 5.41) is 8.56. The molecule has 196 valence electrons. The van der Waals surface area contributed by atoms with Crippen LogP contribution >= 0.6 is 0 Å². The zero-order chi connectivity index (χ0) is 26.6. The minimum atomic E-state index is -0.519. The molecule has 2 aromatic heterocycles. The van der Waals surface area contributed by atoms with Crippen LogP contribution in [0.4, 0.5) is 0 Å². The van der Waals surface area contributed by atoms with Gasteiger partial charge in [-0.05, 0) is 47.7 Å². The van der Waals surface area contributed by atoms with Crippen molar-refractivity contribution < 1.29 is 9.59 Å². The summed E-state index contributed by atoms with van der Waals surface area (Å²) in [4.78, 5) is 33.1. The van der Waals surface area contributed by atoms with Gasteiger partial charge in [-0.1, -0.05) is 66.7 Å². The van der Waals surface area contributed by atoms with Crippen LogP contribution in [0.2, 0.25) is 0 Å². The van der Waals surface area contributed by atoms with Crippen molar-refractivity contribution in [3.63, 3.8) is 0 Å². The number of carbonyl (C=O) groups is 2. The zero-order valence-electron chi connectivity index (χ0n) is 21.7. The van der Waals surface area contributed by atoms with E-state index in [1.807, 2.05) is 94.8 Å². The second kappa shape index (κ2) is 11.0. The average molecular weight is 518 g/mol. The Morgan fingerprint density at radius 1 is 0.923 bits per heavy atom. The van der Waals surface area contributed by atoms with Crippen molar-refractivity contribution in [3.8, 4) is 0 Å². The highest BCUT2D eigenvalue weighted by Gasteiger charge is 2.43. The summed E-state index contributed by atoms with van der Waals surface area (Å²) in [5.41, 5.74) is 4.57. The number of fused-ring (bicyclic) bond motifs is 2.